The molecule has 7 nitrogen and oxygen atoms in total. The van der Waals surface area contributed by atoms with Crippen LogP contribution >= 0.6 is 23.4 Å². The third-order valence-electron chi connectivity index (χ3n) is 4.37. The lowest BCUT2D eigenvalue weighted by Gasteiger charge is -2.12. The third-order valence-corrected chi connectivity index (χ3v) is 5.66. The molecule has 0 aliphatic carbocycles. The highest BCUT2D eigenvalue weighted by atomic mass is 35.5. The summed E-state index contributed by atoms with van der Waals surface area (Å²) in [5.74, 6) is 1.83. The third kappa shape index (κ3) is 5.07. The number of carbonyl (C=O) groups is 2. The van der Waals surface area contributed by atoms with Gasteiger partial charge in [0.25, 0.3) is 5.91 Å². The van der Waals surface area contributed by atoms with Crippen molar-refractivity contribution in [2.75, 3.05) is 20.3 Å². The Morgan fingerprint density at radius 1 is 1.38 bits per heavy atom. The summed E-state index contributed by atoms with van der Waals surface area (Å²) in [6.45, 7) is 2.28. The molecule has 0 bridgehead atoms. The molecule has 2 aromatic rings. The molecule has 0 radical (unpaired) electrons. The van der Waals surface area contributed by atoms with Crippen molar-refractivity contribution in [3.8, 4) is 23.8 Å². The van der Waals surface area contributed by atoms with Crippen LogP contribution in [0.25, 0.3) is 6.08 Å². The van der Waals surface area contributed by atoms with Gasteiger partial charge in [0.15, 0.2) is 16.7 Å². The molecule has 3 rings (SSSR count). The highest BCUT2D eigenvalue weighted by Crippen LogP contribution is 2.39. The Balaban J connectivity index is 1.95. The van der Waals surface area contributed by atoms with E-state index in [0.29, 0.717) is 44.4 Å². The number of carboxylic acids is 1. The average molecular weight is 471 g/mol. The van der Waals surface area contributed by atoms with Gasteiger partial charge in [-0.05, 0) is 60.7 Å². The normalized spacial score (nSPS) is 15.8. The Bertz CT molecular complexity index is 1170. The Labute approximate surface area is 194 Å². The maximum Gasteiger partial charge on any atom is 0.335 e. The van der Waals surface area contributed by atoms with Gasteiger partial charge >= 0.3 is 5.97 Å². The van der Waals surface area contributed by atoms with Crippen molar-refractivity contribution in [3.05, 3.63) is 57.5 Å². The van der Waals surface area contributed by atoms with Gasteiger partial charge in [-0.3, -0.25) is 9.69 Å². The Hall–Kier alpha value is -3.41. The number of aromatic carboxylic acids is 1. The first-order valence-corrected chi connectivity index (χ1v) is 10.6. The fourth-order valence-electron chi connectivity index (χ4n) is 2.92. The zero-order valence-electron chi connectivity index (χ0n) is 17.3. The average Bonchev–Trinajstić information content (AvgIpc) is 3.06. The number of thioether (sulfide) groups is 1. The number of amides is 1. The summed E-state index contributed by atoms with van der Waals surface area (Å²) < 4.78 is 10.8. The molecule has 164 valence electrons. The van der Waals surface area contributed by atoms with Gasteiger partial charge in [0.05, 0.1) is 28.3 Å². The van der Waals surface area contributed by atoms with Crippen molar-refractivity contribution in [2.24, 2.45) is 4.99 Å². The van der Waals surface area contributed by atoms with Gasteiger partial charge in [-0.15, -0.1) is 6.42 Å². The molecular weight excluding hydrogens is 452 g/mol. The molecule has 9 heteroatoms. The molecule has 1 heterocycles. The smallest absolute Gasteiger partial charge is 0.335 e. The molecule has 1 N–H and O–H groups in total. The van der Waals surface area contributed by atoms with Crippen molar-refractivity contribution in [1.29, 1.82) is 0 Å². The van der Waals surface area contributed by atoms with Crippen LogP contribution < -0.4 is 9.47 Å². The standard InChI is InChI=1S/C23H19ClN2O5S/c1-4-9-31-20-17(24)10-14(11-18(20)30-3)12-19-21(27)26(5-2)23(32-19)25-16-8-6-7-15(13-16)22(28)29/h1,6-8,10-13H,5,9H2,2-3H3,(H,28,29)/b19-12+,25-23?. The Kier molecular flexibility index (Phi) is 7.46. The van der Waals surface area contributed by atoms with E-state index in [2.05, 4.69) is 10.9 Å². The topological polar surface area (TPSA) is 88.4 Å². The number of nitrogens with zero attached hydrogens (tertiary/aromatic N) is 2. The van der Waals surface area contributed by atoms with Crippen molar-refractivity contribution in [1.82, 2.24) is 4.90 Å². The van der Waals surface area contributed by atoms with Gasteiger partial charge in [-0.2, -0.15) is 0 Å². The summed E-state index contributed by atoms with van der Waals surface area (Å²) in [4.78, 5) is 30.6. The first kappa shape index (κ1) is 23.3. The number of hydrogen-bond acceptors (Lipinski definition) is 6. The SMILES string of the molecule is C#CCOc1c(Cl)cc(/C=C2/SC(=Nc3cccc(C(=O)O)c3)N(CC)C2=O)cc1OC. The van der Waals surface area contributed by atoms with Crippen LogP contribution in [0.1, 0.15) is 22.8 Å². The lowest BCUT2D eigenvalue weighted by molar-refractivity contribution is -0.122. The van der Waals surface area contributed by atoms with E-state index in [4.69, 9.17) is 27.5 Å². The van der Waals surface area contributed by atoms with E-state index in [1.165, 1.54) is 35.9 Å². The molecule has 1 aliphatic rings. The van der Waals surface area contributed by atoms with Gasteiger partial charge in [0.1, 0.15) is 6.61 Å². The molecule has 2 aromatic carbocycles. The molecule has 1 amide bonds. The summed E-state index contributed by atoms with van der Waals surface area (Å²) in [7, 11) is 1.48. The molecule has 1 saturated heterocycles. The zero-order chi connectivity index (χ0) is 23.3. The number of carboxylic acid groups (broad SMARTS) is 1. The lowest BCUT2D eigenvalue weighted by atomic mass is 10.1. The van der Waals surface area contributed by atoms with E-state index in [1.807, 2.05) is 6.92 Å². The van der Waals surface area contributed by atoms with Crippen molar-refractivity contribution >= 4 is 52.2 Å². The maximum atomic E-state index is 12.9. The van der Waals surface area contributed by atoms with Gasteiger partial charge in [-0.25, -0.2) is 9.79 Å². The van der Waals surface area contributed by atoms with E-state index in [1.54, 1.807) is 30.3 Å². The fraction of sp³-hybridized carbons (Fsp3) is 0.174. The van der Waals surface area contributed by atoms with E-state index in [0.717, 1.165) is 0 Å². The summed E-state index contributed by atoms with van der Waals surface area (Å²) in [6, 6.07) is 9.57. The highest BCUT2D eigenvalue weighted by Gasteiger charge is 2.32. The van der Waals surface area contributed by atoms with Gasteiger partial charge in [-0.1, -0.05) is 23.6 Å². The number of carbonyl (C=O) groups excluding carboxylic acids is 1. The minimum absolute atomic E-state index is 0.0409. The Morgan fingerprint density at radius 3 is 2.81 bits per heavy atom. The molecule has 0 saturated carbocycles. The van der Waals surface area contributed by atoms with Crippen LogP contribution in [0.2, 0.25) is 5.02 Å². The number of rotatable bonds is 7. The van der Waals surface area contributed by atoms with Crippen molar-refractivity contribution in [2.45, 2.75) is 6.92 Å². The van der Waals surface area contributed by atoms with E-state index in [-0.39, 0.29) is 18.1 Å². The highest BCUT2D eigenvalue weighted by molar-refractivity contribution is 8.18. The molecule has 0 unspecified atom stereocenters. The number of ether oxygens (including phenoxy) is 2. The largest absolute Gasteiger partial charge is 0.493 e. The van der Waals surface area contributed by atoms with E-state index < -0.39 is 5.97 Å². The summed E-state index contributed by atoms with van der Waals surface area (Å²) in [6.07, 6.45) is 6.92. The van der Waals surface area contributed by atoms with Crippen LogP contribution in [-0.4, -0.2) is 47.3 Å². The van der Waals surface area contributed by atoms with Gasteiger partial charge < -0.3 is 14.6 Å². The minimum Gasteiger partial charge on any atom is -0.493 e. The summed E-state index contributed by atoms with van der Waals surface area (Å²) in [5, 5.41) is 9.94. The van der Waals surface area contributed by atoms with Crippen LogP contribution in [0.15, 0.2) is 46.3 Å². The predicted molar refractivity (Wildman–Crippen MR) is 126 cm³/mol. The fourth-order valence-corrected chi connectivity index (χ4v) is 4.25. The number of likely N-dealkylation sites (N-methyl/N-ethyl adjacent to an activating group) is 1. The lowest BCUT2D eigenvalue weighted by Crippen LogP contribution is -2.28. The maximum absolute atomic E-state index is 12.9. The second kappa shape index (κ2) is 10.3. The summed E-state index contributed by atoms with van der Waals surface area (Å²) in [5.41, 5.74) is 1.20. The second-order valence-corrected chi connectivity index (χ2v) is 7.85. The molecule has 1 fully saturated rings. The van der Waals surface area contributed by atoms with Crippen LogP contribution in [0.3, 0.4) is 0 Å². The number of benzene rings is 2. The molecule has 1 aliphatic heterocycles. The van der Waals surface area contributed by atoms with Gasteiger partial charge in [0.2, 0.25) is 0 Å². The van der Waals surface area contributed by atoms with Crippen LogP contribution in [-0.2, 0) is 4.79 Å². The zero-order valence-corrected chi connectivity index (χ0v) is 18.9. The number of terminal acetylenes is 1. The molecule has 32 heavy (non-hydrogen) atoms. The quantitative estimate of drug-likeness (QED) is 0.466. The second-order valence-electron chi connectivity index (χ2n) is 6.44. The first-order chi connectivity index (χ1) is 15.4. The summed E-state index contributed by atoms with van der Waals surface area (Å²) >= 11 is 7.52. The molecular formula is C23H19ClN2O5S. The number of hydrogen-bond donors (Lipinski definition) is 1. The molecule has 0 atom stereocenters. The number of aliphatic imine (C=N–C) groups is 1. The number of amidine groups is 1. The van der Waals surface area contributed by atoms with E-state index >= 15 is 0 Å². The monoisotopic (exact) mass is 470 g/mol. The van der Waals surface area contributed by atoms with Crippen molar-refractivity contribution < 1.29 is 24.2 Å². The number of halogens is 1. The van der Waals surface area contributed by atoms with Crippen molar-refractivity contribution in [3.63, 3.8) is 0 Å². The predicted octanol–water partition coefficient (Wildman–Crippen LogP) is 4.68. The molecule has 0 aromatic heterocycles. The first-order valence-electron chi connectivity index (χ1n) is 9.45. The van der Waals surface area contributed by atoms with Crippen LogP contribution in [0, 0.1) is 12.3 Å². The van der Waals surface area contributed by atoms with E-state index in [9.17, 15) is 14.7 Å². The Morgan fingerprint density at radius 2 is 2.16 bits per heavy atom. The molecule has 0 spiro atoms. The van der Waals surface area contributed by atoms with Gasteiger partial charge in [0, 0.05) is 6.54 Å². The number of methoxy groups -OCH3 is 1. The van der Waals surface area contributed by atoms with Crippen LogP contribution in [0.4, 0.5) is 5.69 Å². The van der Waals surface area contributed by atoms with Crippen LogP contribution in [0.5, 0.6) is 11.5 Å². The minimum atomic E-state index is -1.05.